The van der Waals surface area contributed by atoms with Crippen LogP contribution in [0.4, 0.5) is 0 Å². The highest BCUT2D eigenvalue weighted by Gasteiger charge is 2.19. The molecule has 0 aromatic carbocycles. The van der Waals surface area contributed by atoms with Crippen LogP contribution < -0.4 is 5.32 Å². The predicted molar refractivity (Wildman–Crippen MR) is 49.9 cm³/mol. The number of piperidine rings is 1. The van der Waals surface area contributed by atoms with Gasteiger partial charge in [-0.2, -0.15) is 5.06 Å². The third kappa shape index (κ3) is 2.73. The minimum Gasteiger partial charge on any atom is -0.315 e. The molecule has 1 atom stereocenters. The Morgan fingerprint density at radius 3 is 2.83 bits per heavy atom. The van der Waals surface area contributed by atoms with Gasteiger partial charge in [0.05, 0.1) is 6.61 Å². The summed E-state index contributed by atoms with van der Waals surface area (Å²) in [6.45, 7) is 8.20. The second-order valence-electron chi connectivity index (χ2n) is 3.15. The third-order valence-corrected chi connectivity index (χ3v) is 2.28. The number of nitrogens with one attached hydrogen (secondary N) is 1. The molecule has 1 heterocycles. The second kappa shape index (κ2) is 5.51. The summed E-state index contributed by atoms with van der Waals surface area (Å²) in [6, 6.07) is 0.587. The Bertz CT molecular complexity index is 110. The van der Waals surface area contributed by atoms with Crippen molar-refractivity contribution in [1.82, 2.24) is 10.4 Å². The van der Waals surface area contributed by atoms with Gasteiger partial charge < -0.3 is 5.32 Å². The van der Waals surface area contributed by atoms with Gasteiger partial charge in [-0.3, -0.25) is 4.84 Å². The van der Waals surface area contributed by atoms with Crippen molar-refractivity contribution in [2.24, 2.45) is 0 Å². The third-order valence-electron chi connectivity index (χ3n) is 2.28. The van der Waals surface area contributed by atoms with E-state index in [1.165, 1.54) is 19.4 Å². The lowest BCUT2D eigenvalue weighted by Gasteiger charge is -2.32. The first-order valence-corrected chi connectivity index (χ1v) is 4.98. The molecule has 0 aliphatic carbocycles. The Morgan fingerprint density at radius 2 is 2.33 bits per heavy atom. The SMILES string of the molecule is CCON(CC)C1CCCNC1. The van der Waals surface area contributed by atoms with E-state index in [4.69, 9.17) is 4.84 Å². The van der Waals surface area contributed by atoms with Crippen molar-refractivity contribution < 1.29 is 4.84 Å². The standard InChI is InChI=1S/C9H20N2O/c1-3-11(12-4-2)9-6-5-7-10-8-9/h9-10H,3-8H2,1-2H3. The Kier molecular flexibility index (Phi) is 4.58. The zero-order valence-corrected chi connectivity index (χ0v) is 8.18. The summed E-state index contributed by atoms with van der Waals surface area (Å²) in [5, 5.41) is 5.49. The molecule has 0 aromatic rings. The van der Waals surface area contributed by atoms with Crippen LogP contribution in [0.25, 0.3) is 0 Å². The number of rotatable bonds is 4. The molecule has 1 aliphatic heterocycles. The molecule has 0 aromatic heterocycles. The van der Waals surface area contributed by atoms with Gasteiger partial charge in [0.15, 0.2) is 0 Å². The average Bonchev–Trinajstić information content (AvgIpc) is 2.15. The van der Waals surface area contributed by atoms with E-state index in [0.29, 0.717) is 6.04 Å². The van der Waals surface area contributed by atoms with Gasteiger partial charge in [0, 0.05) is 19.1 Å². The van der Waals surface area contributed by atoms with Crippen molar-refractivity contribution in [2.45, 2.75) is 32.7 Å². The first-order chi connectivity index (χ1) is 5.88. The van der Waals surface area contributed by atoms with Crippen LogP contribution in [0, 0.1) is 0 Å². The maximum Gasteiger partial charge on any atom is 0.0657 e. The number of likely N-dealkylation sites (N-methyl/N-ethyl adjacent to an activating group) is 1. The molecule has 1 unspecified atom stereocenters. The lowest BCUT2D eigenvalue weighted by Crippen LogP contribution is -2.45. The first kappa shape index (κ1) is 9.96. The largest absolute Gasteiger partial charge is 0.315 e. The monoisotopic (exact) mass is 172 g/mol. The molecule has 1 fully saturated rings. The summed E-state index contributed by atoms with van der Waals surface area (Å²) in [5.41, 5.74) is 0. The highest BCUT2D eigenvalue weighted by atomic mass is 16.7. The molecule has 0 saturated carbocycles. The van der Waals surface area contributed by atoms with Gasteiger partial charge in [-0.05, 0) is 26.3 Å². The van der Waals surface area contributed by atoms with E-state index in [-0.39, 0.29) is 0 Å². The molecule has 1 saturated heterocycles. The quantitative estimate of drug-likeness (QED) is 0.641. The van der Waals surface area contributed by atoms with Crippen LogP contribution in [-0.4, -0.2) is 37.3 Å². The number of nitrogens with zero attached hydrogens (tertiary/aromatic N) is 1. The van der Waals surface area contributed by atoms with Crippen molar-refractivity contribution in [1.29, 1.82) is 0 Å². The van der Waals surface area contributed by atoms with E-state index in [2.05, 4.69) is 17.3 Å². The van der Waals surface area contributed by atoms with E-state index in [1.54, 1.807) is 0 Å². The van der Waals surface area contributed by atoms with E-state index in [9.17, 15) is 0 Å². The minimum absolute atomic E-state index is 0.587. The van der Waals surface area contributed by atoms with Crippen molar-refractivity contribution in [3.8, 4) is 0 Å². The van der Waals surface area contributed by atoms with E-state index in [1.807, 2.05) is 6.92 Å². The van der Waals surface area contributed by atoms with Crippen LogP contribution in [0.15, 0.2) is 0 Å². The Balaban J connectivity index is 2.29. The fourth-order valence-electron chi connectivity index (χ4n) is 1.70. The van der Waals surface area contributed by atoms with Crippen LogP contribution in [0.3, 0.4) is 0 Å². The Morgan fingerprint density at radius 1 is 1.50 bits per heavy atom. The van der Waals surface area contributed by atoms with Crippen molar-refractivity contribution in [3.05, 3.63) is 0 Å². The van der Waals surface area contributed by atoms with Gasteiger partial charge in [-0.1, -0.05) is 6.92 Å². The molecule has 0 spiro atoms. The predicted octanol–water partition coefficient (Wildman–Crippen LogP) is 1.01. The molecule has 0 radical (unpaired) electrons. The summed E-state index contributed by atoms with van der Waals surface area (Å²) in [6.07, 6.45) is 2.54. The number of hydroxylamine groups is 2. The number of hydrogen-bond donors (Lipinski definition) is 1. The Hall–Kier alpha value is -0.120. The van der Waals surface area contributed by atoms with Crippen LogP contribution in [0.1, 0.15) is 26.7 Å². The molecular formula is C9H20N2O. The van der Waals surface area contributed by atoms with Gasteiger partial charge in [-0.25, -0.2) is 0 Å². The van der Waals surface area contributed by atoms with Crippen LogP contribution in [0.5, 0.6) is 0 Å². The minimum atomic E-state index is 0.587. The molecule has 1 rings (SSSR count). The number of hydrogen-bond acceptors (Lipinski definition) is 3. The van der Waals surface area contributed by atoms with Crippen molar-refractivity contribution >= 4 is 0 Å². The lowest BCUT2D eigenvalue weighted by molar-refractivity contribution is -0.182. The zero-order valence-electron chi connectivity index (χ0n) is 8.18. The molecule has 1 N–H and O–H groups in total. The summed E-state index contributed by atoms with van der Waals surface area (Å²) >= 11 is 0. The first-order valence-electron chi connectivity index (χ1n) is 4.98. The normalized spacial score (nSPS) is 24.8. The molecule has 0 bridgehead atoms. The smallest absolute Gasteiger partial charge is 0.0657 e. The lowest BCUT2D eigenvalue weighted by atomic mass is 10.1. The van der Waals surface area contributed by atoms with Crippen molar-refractivity contribution in [2.75, 3.05) is 26.2 Å². The van der Waals surface area contributed by atoms with Crippen LogP contribution in [-0.2, 0) is 4.84 Å². The Labute approximate surface area is 75.0 Å². The molecular weight excluding hydrogens is 152 g/mol. The highest BCUT2D eigenvalue weighted by molar-refractivity contribution is 4.73. The van der Waals surface area contributed by atoms with Gasteiger partial charge in [-0.15, -0.1) is 0 Å². The summed E-state index contributed by atoms with van der Waals surface area (Å²) < 4.78 is 0. The van der Waals surface area contributed by atoms with Crippen LogP contribution >= 0.6 is 0 Å². The molecule has 72 valence electrons. The fraction of sp³-hybridized carbons (Fsp3) is 1.00. The van der Waals surface area contributed by atoms with E-state index >= 15 is 0 Å². The van der Waals surface area contributed by atoms with Crippen LogP contribution in [0.2, 0.25) is 0 Å². The average molecular weight is 172 g/mol. The molecule has 1 aliphatic rings. The fourth-order valence-corrected chi connectivity index (χ4v) is 1.70. The molecule has 12 heavy (non-hydrogen) atoms. The highest BCUT2D eigenvalue weighted by Crippen LogP contribution is 2.09. The van der Waals surface area contributed by atoms with E-state index < -0.39 is 0 Å². The molecule has 3 heteroatoms. The molecule has 3 nitrogen and oxygen atoms in total. The summed E-state index contributed by atoms with van der Waals surface area (Å²) in [7, 11) is 0. The maximum atomic E-state index is 5.52. The van der Waals surface area contributed by atoms with Crippen molar-refractivity contribution in [3.63, 3.8) is 0 Å². The second-order valence-corrected chi connectivity index (χ2v) is 3.15. The van der Waals surface area contributed by atoms with Gasteiger partial charge in [0.25, 0.3) is 0 Å². The topological polar surface area (TPSA) is 24.5 Å². The van der Waals surface area contributed by atoms with Gasteiger partial charge in [0.2, 0.25) is 0 Å². The van der Waals surface area contributed by atoms with E-state index in [0.717, 1.165) is 19.7 Å². The summed E-state index contributed by atoms with van der Waals surface area (Å²) in [4.78, 5) is 5.52. The zero-order chi connectivity index (χ0) is 8.81. The van der Waals surface area contributed by atoms with Gasteiger partial charge >= 0.3 is 0 Å². The van der Waals surface area contributed by atoms with Gasteiger partial charge in [0.1, 0.15) is 0 Å². The molecule has 0 amide bonds. The maximum absolute atomic E-state index is 5.52. The summed E-state index contributed by atoms with van der Waals surface area (Å²) in [5.74, 6) is 0.